The molecule has 1 fully saturated rings. The van der Waals surface area contributed by atoms with Crippen LogP contribution in [0.1, 0.15) is 63.4 Å². The standard InChI is InChI=1S/C24H36O4.C2H2/c1-19-7-4-12-23(17-19)28-16-3-2-9-21-10-6-11-22(21)15-14-20(18-25)8-5-13-24(26)27;1-2/h2,4,7,9,12,17,20-22,25H,3,5-6,8,10-11,13-16,18H2,1H3,(H,26,27);1-2H/b9-2+;/t20?,21?,22-;/m1./s1. The number of carbonyl (C=O) groups is 1. The van der Waals surface area contributed by atoms with Gasteiger partial charge in [-0.1, -0.05) is 30.7 Å². The topological polar surface area (TPSA) is 66.8 Å². The highest BCUT2D eigenvalue weighted by atomic mass is 16.5. The van der Waals surface area contributed by atoms with E-state index in [1.807, 2.05) is 12.1 Å². The molecule has 1 aliphatic carbocycles. The first kappa shape index (κ1) is 25.8. The van der Waals surface area contributed by atoms with E-state index in [2.05, 4.69) is 44.1 Å². The van der Waals surface area contributed by atoms with E-state index in [9.17, 15) is 9.90 Å². The molecule has 1 aromatic rings. The highest BCUT2D eigenvalue weighted by Gasteiger charge is 2.25. The molecule has 0 spiro atoms. The summed E-state index contributed by atoms with van der Waals surface area (Å²) in [6, 6.07) is 8.15. The summed E-state index contributed by atoms with van der Waals surface area (Å²) < 4.78 is 5.81. The lowest BCUT2D eigenvalue weighted by Gasteiger charge is -2.20. The van der Waals surface area contributed by atoms with Gasteiger partial charge in [0, 0.05) is 13.0 Å². The molecule has 1 saturated carbocycles. The molecule has 2 N–H and O–H groups in total. The summed E-state index contributed by atoms with van der Waals surface area (Å²) in [7, 11) is 0. The van der Waals surface area contributed by atoms with Crippen LogP contribution in [0, 0.1) is 37.5 Å². The second-order valence-corrected chi connectivity index (χ2v) is 8.15. The van der Waals surface area contributed by atoms with Crippen LogP contribution in [-0.2, 0) is 4.79 Å². The van der Waals surface area contributed by atoms with E-state index in [0.717, 1.165) is 31.4 Å². The van der Waals surface area contributed by atoms with Gasteiger partial charge in [-0.15, -0.1) is 12.8 Å². The van der Waals surface area contributed by atoms with Gasteiger partial charge in [-0.2, -0.15) is 0 Å². The largest absolute Gasteiger partial charge is 0.493 e. The van der Waals surface area contributed by atoms with E-state index in [-0.39, 0.29) is 18.9 Å². The molecule has 1 aliphatic rings. The molecule has 4 nitrogen and oxygen atoms in total. The number of rotatable bonds is 13. The molecule has 0 saturated heterocycles. The first-order valence-corrected chi connectivity index (χ1v) is 11.1. The summed E-state index contributed by atoms with van der Waals surface area (Å²) in [5.41, 5.74) is 1.21. The van der Waals surface area contributed by atoms with Gasteiger partial charge in [0.25, 0.3) is 0 Å². The Bertz CT molecular complexity index is 649. The smallest absolute Gasteiger partial charge is 0.303 e. The third-order valence-corrected chi connectivity index (χ3v) is 5.85. The van der Waals surface area contributed by atoms with Crippen LogP contribution < -0.4 is 4.74 Å². The number of ether oxygens (including phenoxy) is 1. The number of terminal acetylenes is 1. The number of carboxylic acids is 1. The summed E-state index contributed by atoms with van der Waals surface area (Å²) >= 11 is 0. The third-order valence-electron chi connectivity index (χ3n) is 5.85. The molecule has 1 aromatic carbocycles. The quantitative estimate of drug-likeness (QED) is 0.249. The van der Waals surface area contributed by atoms with Crippen molar-refractivity contribution in [2.75, 3.05) is 13.2 Å². The minimum Gasteiger partial charge on any atom is -0.493 e. The van der Waals surface area contributed by atoms with Crippen LogP contribution in [0.3, 0.4) is 0 Å². The van der Waals surface area contributed by atoms with Crippen molar-refractivity contribution in [3.05, 3.63) is 42.0 Å². The maximum Gasteiger partial charge on any atom is 0.303 e. The van der Waals surface area contributed by atoms with Crippen molar-refractivity contribution < 1.29 is 19.7 Å². The Hall–Kier alpha value is -2.25. The van der Waals surface area contributed by atoms with Crippen molar-refractivity contribution >= 4 is 5.97 Å². The average Bonchev–Trinajstić information content (AvgIpc) is 3.19. The Morgan fingerprint density at radius 1 is 1.30 bits per heavy atom. The van der Waals surface area contributed by atoms with E-state index in [1.54, 1.807) is 0 Å². The number of hydrogen-bond donors (Lipinski definition) is 2. The van der Waals surface area contributed by atoms with Gasteiger partial charge in [0.1, 0.15) is 5.75 Å². The lowest BCUT2D eigenvalue weighted by atomic mass is 9.86. The van der Waals surface area contributed by atoms with Crippen LogP contribution in [0.5, 0.6) is 5.75 Å². The first-order chi connectivity index (χ1) is 14.6. The molecule has 166 valence electrons. The zero-order valence-electron chi connectivity index (χ0n) is 18.3. The number of hydrogen-bond acceptors (Lipinski definition) is 3. The Kier molecular flexibility index (Phi) is 13.4. The van der Waals surface area contributed by atoms with Crippen LogP contribution in [0.2, 0.25) is 0 Å². The molecule has 0 bridgehead atoms. The van der Waals surface area contributed by atoms with Crippen molar-refractivity contribution in [3.63, 3.8) is 0 Å². The van der Waals surface area contributed by atoms with Crippen molar-refractivity contribution in [3.8, 4) is 18.6 Å². The zero-order valence-corrected chi connectivity index (χ0v) is 18.3. The van der Waals surface area contributed by atoms with E-state index in [4.69, 9.17) is 9.84 Å². The lowest BCUT2D eigenvalue weighted by Crippen LogP contribution is -2.12. The van der Waals surface area contributed by atoms with Crippen LogP contribution in [0.15, 0.2) is 36.4 Å². The average molecular weight is 415 g/mol. The minimum atomic E-state index is -0.746. The molecule has 4 heteroatoms. The van der Waals surface area contributed by atoms with Gasteiger partial charge in [-0.25, -0.2) is 0 Å². The second kappa shape index (κ2) is 15.6. The summed E-state index contributed by atoms with van der Waals surface area (Å²) in [4.78, 5) is 10.6. The molecule has 0 aliphatic heterocycles. The van der Waals surface area contributed by atoms with Gasteiger partial charge in [-0.3, -0.25) is 4.79 Å². The van der Waals surface area contributed by atoms with Gasteiger partial charge >= 0.3 is 5.97 Å². The highest BCUT2D eigenvalue weighted by Crippen LogP contribution is 2.37. The van der Waals surface area contributed by atoms with E-state index in [1.165, 1.54) is 24.8 Å². The van der Waals surface area contributed by atoms with Crippen molar-refractivity contribution in [1.29, 1.82) is 0 Å². The normalized spacial score (nSPS) is 19.2. The number of aliphatic hydroxyl groups is 1. The van der Waals surface area contributed by atoms with Crippen LogP contribution in [0.4, 0.5) is 0 Å². The van der Waals surface area contributed by atoms with E-state index >= 15 is 0 Å². The fourth-order valence-electron chi connectivity index (χ4n) is 4.22. The maximum atomic E-state index is 10.6. The van der Waals surface area contributed by atoms with Crippen LogP contribution in [0.25, 0.3) is 0 Å². The van der Waals surface area contributed by atoms with E-state index < -0.39 is 5.97 Å². The Morgan fingerprint density at radius 2 is 2.10 bits per heavy atom. The number of benzene rings is 1. The lowest BCUT2D eigenvalue weighted by molar-refractivity contribution is -0.137. The molecule has 0 aromatic heterocycles. The number of aliphatic carboxylic acids is 1. The maximum absolute atomic E-state index is 10.6. The summed E-state index contributed by atoms with van der Waals surface area (Å²) in [6.07, 6.45) is 21.2. The second-order valence-electron chi connectivity index (χ2n) is 8.15. The molecular formula is C26H38O4. The van der Waals surface area contributed by atoms with Gasteiger partial charge in [-0.05, 0) is 87.3 Å². The number of allylic oxidation sites excluding steroid dienone is 1. The number of aliphatic hydroxyl groups excluding tert-OH is 1. The van der Waals surface area contributed by atoms with Crippen LogP contribution in [-0.4, -0.2) is 29.4 Å². The third kappa shape index (κ3) is 10.5. The monoisotopic (exact) mass is 414 g/mol. The number of carboxylic acid groups (broad SMARTS) is 1. The van der Waals surface area contributed by atoms with Gasteiger partial charge < -0.3 is 14.9 Å². The molecule has 30 heavy (non-hydrogen) atoms. The van der Waals surface area contributed by atoms with Crippen molar-refractivity contribution in [2.24, 2.45) is 17.8 Å². The SMILES string of the molecule is C#C.Cc1cccc(OCC/C=C/C2CCC[C@@H]2CCC(CO)CCCC(=O)O)c1. The Labute approximate surface area is 182 Å². The van der Waals surface area contributed by atoms with Crippen LogP contribution >= 0.6 is 0 Å². The van der Waals surface area contributed by atoms with Gasteiger partial charge in [0.15, 0.2) is 0 Å². The fraction of sp³-hybridized carbons (Fsp3) is 0.577. The predicted molar refractivity (Wildman–Crippen MR) is 122 cm³/mol. The summed E-state index contributed by atoms with van der Waals surface area (Å²) in [6.45, 7) is 2.94. The Balaban J connectivity index is 0.00000218. The van der Waals surface area contributed by atoms with E-state index in [0.29, 0.717) is 24.9 Å². The molecule has 0 amide bonds. The minimum absolute atomic E-state index is 0.170. The molecular weight excluding hydrogens is 376 g/mol. The molecule has 2 unspecified atom stereocenters. The molecule has 3 atom stereocenters. The van der Waals surface area contributed by atoms with Crippen molar-refractivity contribution in [1.82, 2.24) is 0 Å². The van der Waals surface area contributed by atoms with Crippen molar-refractivity contribution in [2.45, 2.75) is 64.7 Å². The Morgan fingerprint density at radius 3 is 2.80 bits per heavy atom. The molecule has 2 rings (SSSR count). The predicted octanol–water partition coefficient (Wildman–Crippen LogP) is 5.63. The number of aryl methyl sites for hydroxylation is 1. The first-order valence-electron chi connectivity index (χ1n) is 11.1. The molecule has 0 heterocycles. The fourth-order valence-corrected chi connectivity index (χ4v) is 4.22. The summed E-state index contributed by atoms with van der Waals surface area (Å²) in [5, 5.41) is 18.3. The zero-order chi connectivity index (χ0) is 22.2. The van der Waals surface area contributed by atoms with Gasteiger partial charge in [0.2, 0.25) is 0 Å². The summed E-state index contributed by atoms with van der Waals surface area (Å²) in [5.74, 6) is 1.77. The highest BCUT2D eigenvalue weighted by molar-refractivity contribution is 5.66. The molecule has 0 radical (unpaired) electrons. The van der Waals surface area contributed by atoms with Gasteiger partial charge in [0.05, 0.1) is 6.61 Å².